The van der Waals surface area contributed by atoms with Gasteiger partial charge in [-0.3, -0.25) is 4.79 Å². The highest BCUT2D eigenvalue weighted by atomic mass is 35.5. The third-order valence-corrected chi connectivity index (χ3v) is 2.91. The monoisotopic (exact) mass is 277 g/mol. The Balaban J connectivity index is 2.24. The van der Waals surface area contributed by atoms with Crippen LogP contribution in [0.2, 0.25) is 5.02 Å². The van der Waals surface area contributed by atoms with Crippen LogP contribution < -0.4 is 16.2 Å². The lowest BCUT2D eigenvalue weighted by molar-refractivity contribution is 0.100. The highest BCUT2D eigenvalue weighted by Crippen LogP contribution is 2.29. The predicted octanol–water partition coefficient (Wildman–Crippen LogP) is 2.08. The van der Waals surface area contributed by atoms with Crippen molar-refractivity contribution >= 4 is 17.5 Å². The SMILES string of the molecule is NCc1ccnc(Oc2ccc(C(N)=O)cc2)c1Cl. The molecule has 5 nitrogen and oxygen atoms in total. The summed E-state index contributed by atoms with van der Waals surface area (Å²) >= 11 is 6.10. The summed E-state index contributed by atoms with van der Waals surface area (Å²) in [4.78, 5) is 15.0. The maximum Gasteiger partial charge on any atom is 0.248 e. The summed E-state index contributed by atoms with van der Waals surface area (Å²) in [6.45, 7) is 0.304. The molecule has 98 valence electrons. The van der Waals surface area contributed by atoms with Gasteiger partial charge in [0.25, 0.3) is 0 Å². The summed E-state index contributed by atoms with van der Waals surface area (Å²) in [5.41, 5.74) is 11.9. The summed E-state index contributed by atoms with van der Waals surface area (Å²) in [6, 6.07) is 8.10. The zero-order valence-corrected chi connectivity index (χ0v) is 10.7. The number of halogens is 1. The van der Waals surface area contributed by atoms with Crippen LogP contribution in [0.15, 0.2) is 36.5 Å². The lowest BCUT2D eigenvalue weighted by Crippen LogP contribution is -2.10. The number of carbonyl (C=O) groups is 1. The van der Waals surface area contributed by atoms with Crippen LogP contribution in [-0.4, -0.2) is 10.9 Å². The van der Waals surface area contributed by atoms with Crippen LogP contribution in [0.5, 0.6) is 11.6 Å². The standard InChI is InChI=1S/C13H12ClN3O2/c14-11-9(7-15)5-6-17-13(11)19-10-3-1-8(2-4-10)12(16)18/h1-6H,7,15H2,(H2,16,18). The van der Waals surface area contributed by atoms with Gasteiger partial charge in [0, 0.05) is 18.3 Å². The van der Waals surface area contributed by atoms with E-state index in [1.165, 1.54) is 0 Å². The summed E-state index contributed by atoms with van der Waals surface area (Å²) in [5, 5.41) is 0.379. The second-order valence-corrected chi connectivity index (χ2v) is 4.16. The van der Waals surface area contributed by atoms with Crippen LogP contribution in [0.25, 0.3) is 0 Å². The van der Waals surface area contributed by atoms with Crippen LogP contribution in [0.1, 0.15) is 15.9 Å². The zero-order valence-electron chi connectivity index (χ0n) is 9.97. The molecule has 0 saturated heterocycles. The summed E-state index contributed by atoms with van der Waals surface area (Å²) in [6.07, 6.45) is 1.57. The maximum absolute atomic E-state index is 10.9. The number of pyridine rings is 1. The number of aromatic nitrogens is 1. The molecular weight excluding hydrogens is 266 g/mol. The van der Waals surface area contributed by atoms with E-state index in [2.05, 4.69) is 4.98 Å². The molecule has 0 unspecified atom stereocenters. The molecular formula is C13H12ClN3O2. The number of hydrogen-bond acceptors (Lipinski definition) is 4. The van der Waals surface area contributed by atoms with Crippen molar-refractivity contribution < 1.29 is 9.53 Å². The Morgan fingerprint density at radius 2 is 1.95 bits per heavy atom. The molecule has 1 aromatic heterocycles. The van der Waals surface area contributed by atoms with Crippen molar-refractivity contribution in [1.29, 1.82) is 0 Å². The van der Waals surface area contributed by atoms with Gasteiger partial charge in [-0.05, 0) is 35.9 Å². The first-order valence-electron chi connectivity index (χ1n) is 5.53. The number of rotatable bonds is 4. The van der Waals surface area contributed by atoms with Crippen LogP contribution in [0.4, 0.5) is 0 Å². The van der Waals surface area contributed by atoms with Gasteiger partial charge in [-0.15, -0.1) is 0 Å². The number of nitrogens with zero attached hydrogens (tertiary/aromatic N) is 1. The highest BCUT2D eigenvalue weighted by molar-refractivity contribution is 6.32. The average Bonchev–Trinajstić information content (AvgIpc) is 2.42. The minimum Gasteiger partial charge on any atom is -0.438 e. The van der Waals surface area contributed by atoms with Crippen LogP contribution >= 0.6 is 11.6 Å². The molecule has 0 aliphatic rings. The zero-order chi connectivity index (χ0) is 13.8. The van der Waals surface area contributed by atoms with Gasteiger partial charge in [-0.1, -0.05) is 11.6 Å². The van der Waals surface area contributed by atoms with Gasteiger partial charge >= 0.3 is 0 Å². The van der Waals surface area contributed by atoms with Gasteiger partial charge in [-0.25, -0.2) is 4.98 Å². The van der Waals surface area contributed by atoms with Crippen molar-refractivity contribution in [3.05, 3.63) is 52.7 Å². The Morgan fingerprint density at radius 3 is 2.53 bits per heavy atom. The third-order valence-electron chi connectivity index (χ3n) is 2.51. The second kappa shape index (κ2) is 5.69. The van der Waals surface area contributed by atoms with E-state index in [0.717, 1.165) is 5.56 Å². The quantitative estimate of drug-likeness (QED) is 0.895. The molecule has 0 fully saturated rings. The highest BCUT2D eigenvalue weighted by Gasteiger charge is 2.09. The van der Waals surface area contributed by atoms with Gasteiger partial charge in [0.05, 0.1) is 0 Å². The molecule has 0 atom stereocenters. The van der Waals surface area contributed by atoms with Crippen LogP contribution in [-0.2, 0) is 6.54 Å². The summed E-state index contributed by atoms with van der Waals surface area (Å²) < 4.78 is 5.54. The van der Waals surface area contributed by atoms with Crippen molar-refractivity contribution in [3.8, 4) is 11.6 Å². The fraction of sp³-hybridized carbons (Fsp3) is 0.0769. The van der Waals surface area contributed by atoms with E-state index in [1.54, 1.807) is 36.5 Å². The van der Waals surface area contributed by atoms with E-state index in [0.29, 0.717) is 22.9 Å². The molecule has 0 bridgehead atoms. The molecule has 1 aromatic carbocycles. The molecule has 19 heavy (non-hydrogen) atoms. The molecule has 2 rings (SSSR count). The first-order valence-corrected chi connectivity index (χ1v) is 5.90. The van der Waals surface area contributed by atoms with E-state index < -0.39 is 5.91 Å². The van der Waals surface area contributed by atoms with Crippen molar-refractivity contribution in [1.82, 2.24) is 4.98 Å². The molecule has 1 amide bonds. The maximum atomic E-state index is 10.9. The number of hydrogen-bond donors (Lipinski definition) is 2. The van der Waals surface area contributed by atoms with Crippen molar-refractivity contribution in [3.63, 3.8) is 0 Å². The van der Waals surface area contributed by atoms with Gasteiger partial charge < -0.3 is 16.2 Å². The second-order valence-electron chi connectivity index (χ2n) is 3.78. The minimum absolute atomic E-state index is 0.274. The lowest BCUT2D eigenvalue weighted by Gasteiger charge is -2.08. The number of nitrogens with two attached hydrogens (primary N) is 2. The molecule has 0 aliphatic heterocycles. The van der Waals surface area contributed by atoms with Gasteiger partial charge in [0.1, 0.15) is 10.8 Å². The molecule has 6 heteroatoms. The molecule has 0 spiro atoms. The normalized spacial score (nSPS) is 10.2. The van der Waals surface area contributed by atoms with Crippen LogP contribution in [0, 0.1) is 0 Å². The predicted molar refractivity (Wildman–Crippen MR) is 72.2 cm³/mol. The third kappa shape index (κ3) is 3.01. The topological polar surface area (TPSA) is 91.2 Å². The fourth-order valence-electron chi connectivity index (χ4n) is 1.49. The molecule has 0 saturated carbocycles. The molecule has 0 radical (unpaired) electrons. The molecule has 4 N–H and O–H groups in total. The fourth-order valence-corrected chi connectivity index (χ4v) is 1.72. The van der Waals surface area contributed by atoms with Crippen molar-refractivity contribution in [2.75, 3.05) is 0 Å². The average molecular weight is 278 g/mol. The lowest BCUT2D eigenvalue weighted by atomic mass is 10.2. The first-order chi connectivity index (χ1) is 9.11. The summed E-state index contributed by atoms with van der Waals surface area (Å²) in [7, 11) is 0. The minimum atomic E-state index is -0.493. The molecule has 1 heterocycles. The Labute approximate surface area is 115 Å². The Bertz CT molecular complexity index is 599. The number of amides is 1. The van der Waals surface area contributed by atoms with E-state index >= 15 is 0 Å². The largest absolute Gasteiger partial charge is 0.438 e. The molecule has 0 aliphatic carbocycles. The Kier molecular flexibility index (Phi) is 3.99. The van der Waals surface area contributed by atoms with E-state index in [-0.39, 0.29) is 5.88 Å². The van der Waals surface area contributed by atoms with Crippen molar-refractivity contribution in [2.24, 2.45) is 11.5 Å². The van der Waals surface area contributed by atoms with Gasteiger partial charge in [-0.2, -0.15) is 0 Å². The Morgan fingerprint density at radius 1 is 1.26 bits per heavy atom. The number of primary amides is 1. The van der Waals surface area contributed by atoms with E-state index in [4.69, 9.17) is 27.8 Å². The smallest absolute Gasteiger partial charge is 0.248 e. The van der Waals surface area contributed by atoms with Gasteiger partial charge in [0.15, 0.2) is 0 Å². The van der Waals surface area contributed by atoms with Gasteiger partial charge in [0.2, 0.25) is 11.8 Å². The molecule has 2 aromatic rings. The first kappa shape index (κ1) is 13.3. The summed E-state index contributed by atoms with van der Waals surface area (Å²) in [5.74, 6) is 0.290. The van der Waals surface area contributed by atoms with Crippen molar-refractivity contribution in [2.45, 2.75) is 6.54 Å². The van der Waals surface area contributed by atoms with Crippen LogP contribution in [0.3, 0.4) is 0 Å². The number of carbonyl (C=O) groups excluding carboxylic acids is 1. The van der Waals surface area contributed by atoms with E-state index in [1.807, 2.05) is 0 Å². The number of benzene rings is 1. The number of ether oxygens (including phenoxy) is 1. The Hall–Kier alpha value is -2.11. The van der Waals surface area contributed by atoms with E-state index in [9.17, 15) is 4.79 Å².